The largest absolute Gasteiger partial charge is 0.356 e. The molecular weight excluding hydrogens is 484 g/mol. The minimum atomic E-state index is -0.548. The van der Waals surface area contributed by atoms with Crippen LogP contribution in [-0.2, 0) is 14.4 Å². The smallest absolute Gasteiger partial charge is 0.226 e. The highest BCUT2D eigenvalue weighted by Crippen LogP contribution is 2.65. The Labute approximate surface area is 237 Å². The van der Waals surface area contributed by atoms with E-state index in [1.54, 1.807) is 13.0 Å². The van der Waals surface area contributed by atoms with E-state index in [1.807, 2.05) is 19.9 Å². The average Bonchev–Trinajstić information content (AvgIpc) is 2.83. The number of carbonyl (C=O) groups excluding carboxylic acids is 3. The summed E-state index contributed by atoms with van der Waals surface area (Å²) in [5.41, 5.74) is -0.00733. The summed E-state index contributed by atoms with van der Waals surface area (Å²) in [6.45, 7) is 22.0. The molecule has 0 saturated heterocycles. The van der Waals surface area contributed by atoms with Crippen molar-refractivity contribution in [2.45, 2.75) is 114 Å². The third-order valence-electron chi connectivity index (χ3n) is 11.6. The predicted molar refractivity (Wildman–Crippen MR) is 156 cm³/mol. The average molecular weight is 537 g/mol. The third-order valence-corrected chi connectivity index (χ3v) is 11.6. The maximum Gasteiger partial charge on any atom is 0.226 e. The van der Waals surface area contributed by atoms with E-state index in [4.69, 9.17) is 0 Å². The van der Waals surface area contributed by atoms with Crippen LogP contribution in [0, 0.1) is 56.2 Å². The van der Waals surface area contributed by atoms with Crippen LogP contribution in [0.4, 0.5) is 0 Å². The second-order valence-corrected chi connectivity index (χ2v) is 14.9. The van der Waals surface area contributed by atoms with Gasteiger partial charge in [-0.15, -0.1) is 0 Å². The fraction of sp³-hybridized carbons (Fsp3) is 0.765. The first kappa shape index (κ1) is 31.3. The van der Waals surface area contributed by atoms with Gasteiger partial charge in [-0.05, 0) is 93.0 Å². The highest BCUT2D eigenvalue weighted by Gasteiger charge is 2.59. The molecule has 0 spiro atoms. The zero-order valence-electron chi connectivity index (χ0n) is 26.2. The molecule has 0 aromatic rings. The summed E-state index contributed by atoms with van der Waals surface area (Å²) >= 11 is 0. The summed E-state index contributed by atoms with van der Waals surface area (Å²) in [4.78, 5) is 39.3. The van der Waals surface area contributed by atoms with Crippen molar-refractivity contribution in [1.29, 1.82) is 5.26 Å². The van der Waals surface area contributed by atoms with Gasteiger partial charge in [-0.2, -0.15) is 5.26 Å². The van der Waals surface area contributed by atoms with Gasteiger partial charge in [0, 0.05) is 17.9 Å². The lowest BCUT2D eigenvalue weighted by molar-refractivity contribution is -0.140. The summed E-state index contributed by atoms with van der Waals surface area (Å²) in [6.07, 6.45) is 10.0. The Morgan fingerprint density at radius 1 is 1.15 bits per heavy atom. The number of fused-ring (bicyclic) bond motifs is 1. The minimum Gasteiger partial charge on any atom is -0.356 e. The summed E-state index contributed by atoms with van der Waals surface area (Å²) in [5.74, 6) is 0.174. The molecule has 3 aliphatic carbocycles. The molecule has 0 aromatic heterocycles. The van der Waals surface area contributed by atoms with Crippen molar-refractivity contribution in [2.75, 3.05) is 6.54 Å². The van der Waals surface area contributed by atoms with Gasteiger partial charge in [0.05, 0.1) is 11.0 Å². The van der Waals surface area contributed by atoms with Gasteiger partial charge in [0.15, 0.2) is 11.6 Å². The molecule has 3 aliphatic rings. The van der Waals surface area contributed by atoms with Gasteiger partial charge in [-0.25, -0.2) is 0 Å². The van der Waals surface area contributed by atoms with Crippen molar-refractivity contribution >= 4 is 17.5 Å². The molecule has 0 aromatic carbocycles. The predicted octanol–water partition coefficient (Wildman–Crippen LogP) is 7.37. The zero-order valence-corrected chi connectivity index (χ0v) is 26.2. The fourth-order valence-electron chi connectivity index (χ4n) is 8.64. The summed E-state index contributed by atoms with van der Waals surface area (Å²) in [7, 11) is 0. The van der Waals surface area contributed by atoms with Gasteiger partial charge in [-0.1, -0.05) is 67.0 Å². The molecule has 6 atom stereocenters. The number of amides is 1. The number of nitrogens with one attached hydrogen (secondary N) is 1. The normalized spacial score (nSPS) is 37.5. The Hall–Kier alpha value is -2.22. The summed E-state index contributed by atoms with van der Waals surface area (Å²) in [6, 6.07) is 2.15. The first-order valence-corrected chi connectivity index (χ1v) is 15.1. The highest BCUT2D eigenvalue weighted by molar-refractivity contribution is 6.02. The number of nitriles is 1. The maximum absolute atomic E-state index is 13.7. The molecule has 0 bridgehead atoms. The standard InChI is InChI=1S/C34H52N2O3/c1-11-36-29(39)34(16-14-30(5,6)19-22(34)2)17-15-31(7,8)33(10)13-12-26-24(4)28(38)25(21-35)20-32(26,9)27(33)18-23(3)37/h18,20,22,24,26H,11-17,19H2,1-10H3,(H,36,39)/b27-18-/t22?,24-,26-,32-,33+,34-/m0/s1. The van der Waals surface area contributed by atoms with Gasteiger partial charge in [0.25, 0.3) is 0 Å². The van der Waals surface area contributed by atoms with Gasteiger partial charge in [-0.3, -0.25) is 14.4 Å². The Morgan fingerprint density at radius 3 is 2.33 bits per heavy atom. The first-order chi connectivity index (χ1) is 17.9. The Kier molecular flexibility index (Phi) is 8.54. The first-order valence-electron chi connectivity index (χ1n) is 15.1. The number of nitrogens with zero attached hydrogens (tertiary/aromatic N) is 1. The molecule has 2 saturated carbocycles. The monoisotopic (exact) mass is 536 g/mol. The van der Waals surface area contributed by atoms with Gasteiger partial charge < -0.3 is 5.32 Å². The van der Waals surface area contributed by atoms with Crippen molar-refractivity contribution < 1.29 is 14.4 Å². The van der Waals surface area contributed by atoms with Crippen LogP contribution in [-0.4, -0.2) is 24.0 Å². The lowest BCUT2D eigenvalue weighted by atomic mass is 9.44. The van der Waals surface area contributed by atoms with Crippen molar-refractivity contribution in [2.24, 2.45) is 44.8 Å². The number of hydrogen-bond donors (Lipinski definition) is 1. The Balaban J connectivity index is 2.05. The van der Waals surface area contributed by atoms with E-state index in [2.05, 4.69) is 59.9 Å². The van der Waals surface area contributed by atoms with E-state index in [0.717, 1.165) is 50.5 Å². The molecule has 0 heterocycles. The van der Waals surface area contributed by atoms with Crippen molar-refractivity contribution in [3.63, 3.8) is 0 Å². The van der Waals surface area contributed by atoms with E-state index in [-0.39, 0.29) is 57.0 Å². The van der Waals surface area contributed by atoms with E-state index in [0.29, 0.717) is 6.54 Å². The van der Waals surface area contributed by atoms with Crippen LogP contribution in [0.3, 0.4) is 0 Å². The quantitative estimate of drug-likeness (QED) is 0.344. The molecule has 5 nitrogen and oxygen atoms in total. The minimum absolute atomic E-state index is 0.00714. The topological polar surface area (TPSA) is 87.0 Å². The molecule has 39 heavy (non-hydrogen) atoms. The van der Waals surface area contributed by atoms with E-state index < -0.39 is 10.8 Å². The molecule has 216 valence electrons. The third kappa shape index (κ3) is 5.30. The van der Waals surface area contributed by atoms with Crippen LogP contribution in [0.15, 0.2) is 23.3 Å². The van der Waals surface area contributed by atoms with Crippen LogP contribution in [0.2, 0.25) is 0 Å². The molecular formula is C34H52N2O3. The summed E-state index contributed by atoms with van der Waals surface area (Å²) in [5, 5.41) is 13.0. The maximum atomic E-state index is 13.7. The second-order valence-electron chi connectivity index (χ2n) is 14.9. The lowest BCUT2D eigenvalue weighted by Gasteiger charge is -2.59. The Bertz CT molecular complexity index is 1120. The van der Waals surface area contributed by atoms with Crippen LogP contribution in [0.25, 0.3) is 0 Å². The highest BCUT2D eigenvalue weighted by atomic mass is 16.2. The molecule has 1 unspecified atom stereocenters. The zero-order chi connectivity index (χ0) is 29.6. The second kappa shape index (κ2) is 10.6. The molecule has 0 radical (unpaired) electrons. The van der Waals surface area contributed by atoms with Crippen molar-refractivity contribution in [3.05, 3.63) is 23.3 Å². The van der Waals surface area contributed by atoms with Crippen molar-refractivity contribution in [1.82, 2.24) is 5.32 Å². The van der Waals surface area contributed by atoms with Crippen LogP contribution in [0.5, 0.6) is 0 Å². The number of ketones is 2. The summed E-state index contributed by atoms with van der Waals surface area (Å²) < 4.78 is 0. The molecule has 3 rings (SSSR count). The number of hydrogen-bond acceptors (Lipinski definition) is 4. The number of Topliss-reactive ketones (excluding diaryl/α,β-unsaturated/α-hetero) is 1. The lowest BCUT2D eigenvalue weighted by Crippen LogP contribution is -2.53. The Morgan fingerprint density at radius 2 is 1.79 bits per heavy atom. The molecule has 2 fully saturated rings. The number of rotatable bonds is 7. The molecule has 0 aliphatic heterocycles. The fourth-order valence-corrected chi connectivity index (χ4v) is 8.64. The van der Waals surface area contributed by atoms with E-state index in [9.17, 15) is 19.6 Å². The number of allylic oxidation sites excluding steroid dienone is 4. The van der Waals surface area contributed by atoms with E-state index in [1.165, 1.54) is 0 Å². The van der Waals surface area contributed by atoms with Crippen LogP contribution in [0.1, 0.15) is 114 Å². The van der Waals surface area contributed by atoms with Crippen LogP contribution >= 0.6 is 0 Å². The van der Waals surface area contributed by atoms with Gasteiger partial charge in [0.1, 0.15) is 6.07 Å². The number of carbonyl (C=O) groups is 3. The molecule has 1 amide bonds. The van der Waals surface area contributed by atoms with Gasteiger partial charge >= 0.3 is 0 Å². The van der Waals surface area contributed by atoms with Crippen molar-refractivity contribution in [3.8, 4) is 6.07 Å². The van der Waals surface area contributed by atoms with E-state index >= 15 is 0 Å². The van der Waals surface area contributed by atoms with Gasteiger partial charge in [0.2, 0.25) is 5.91 Å². The van der Waals surface area contributed by atoms with Crippen LogP contribution < -0.4 is 5.32 Å². The molecule has 1 N–H and O–H groups in total. The SMILES string of the molecule is CCNC(=O)[C@]1(CCC(C)(C)[C@]2(C)CC[C@H]3[C@H](C)C(=O)C(C#N)=C[C@]3(C)/C2=C/C(C)=O)CCC(C)(C)CC1C. The molecule has 5 heteroatoms.